The molecule has 1 fully saturated rings. The van der Waals surface area contributed by atoms with Crippen LogP contribution in [0, 0.1) is 0 Å². The summed E-state index contributed by atoms with van der Waals surface area (Å²) in [6.45, 7) is 6.20. The fourth-order valence-electron chi connectivity index (χ4n) is 2.95. The van der Waals surface area contributed by atoms with Gasteiger partial charge in [-0.25, -0.2) is 12.7 Å². The van der Waals surface area contributed by atoms with Gasteiger partial charge >= 0.3 is 0 Å². The molecule has 1 aromatic heterocycles. The van der Waals surface area contributed by atoms with E-state index in [9.17, 15) is 8.42 Å². The van der Waals surface area contributed by atoms with Crippen molar-refractivity contribution in [3.8, 4) is 0 Å². The van der Waals surface area contributed by atoms with Crippen LogP contribution in [0.5, 0.6) is 0 Å². The van der Waals surface area contributed by atoms with Crippen LogP contribution in [0.1, 0.15) is 31.1 Å². The van der Waals surface area contributed by atoms with Crippen molar-refractivity contribution in [2.45, 2.75) is 43.0 Å². The molecular formula is C17H32IN5O2S2. The summed E-state index contributed by atoms with van der Waals surface area (Å²) in [5.41, 5.74) is 0. The number of piperidine rings is 1. The largest absolute Gasteiger partial charge is 0.354 e. The number of likely N-dealkylation sites (tertiary alicyclic amines) is 1. The minimum absolute atomic E-state index is 0. The number of aliphatic imine (C=N–C) groups is 1. The van der Waals surface area contributed by atoms with Gasteiger partial charge in [0.15, 0.2) is 5.96 Å². The Bertz CT molecular complexity index is 698. The van der Waals surface area contributed by atoms with Crippen molar-refractivity contribution in [2.24, 2.45) is 4.99 Å². The van der Waals surface area contributed by atoms with E-state index in [1.165, 1.54) is 28.6 Å². The predicted molar refractivity (Wildman–Crippen MR) is 124 cm³/mol. The summed E-state index contributed by atoms with van der Waals surface area (Å²) in [5, 5.41) is 6.77. The third-order valence-electron chi connectivity index (χ3n) is 4.49. The Balaban J connectivity index is 0.00000364. The summed E-state index contributed by atoms with van der Waals surface area (Å²) in [5.74, 6) is 0.768. The number of thiophene rings is 1. The molecule has 0 atom stereocenters. The summed E-state index contributed by atoms with van der Waals surface area (Å²) < 4.78 is 25.9. The van der Waals surface area contributed by atoms with Gasteiger partial charge in [0.2, 0.25) is 0 Å². The molecule has 0 bridgehead atoms. The summed E-state index contributed by atoms with van der Waals surface area (Å²) in [4.78, 5) is 7.77. The third-order valence-corrected chi connectivity index (χ3v) is 7.86. The Morgan fingerprint density at radius 3 is 2.56 bits per heavy atom. The Morgan fingerprint density at radius 1 is 1.33 bits per heavy atom. The van der Waals surface area contributed by atoms with Crippen molar-refractivity contribution >= 4 is 51.3 Å². The zero-order valence-electron chi connectivity index (χ0n) is 16.6. The van der Waals surface area contributed by atoms with Crippen LogP contribution in [0.3, 0.4) is 0 Å². The van der Waals surface area contributed by atoms with Crippen molar-refractivity contribution in [1.29, 1.82) is 0 Å². The van der Waals surface area contributed by atoms with Crippen molar-refractivity contribution in [3.63, 3.8) is 0 Å². The smallest absolute Gasteiger partial charge is 0.252 e. The van der Waals surface area contributed by atoms with E-state index in [1.54, 1.807) is 27.2 Å². The molecule has 2 heterocycles. The number of sulfonamides is 1. The summed E-state index contributed by atoms with van der Waals surface area (Å²) in [6, 6.07) is 3.95. The second-order valence-electron chi connectivity index (χ2n) is 6.69. The minimum atomic E-state index is -3.36. The van der Waals surface area contributed by atoms with E-state index in [0.717, 1.165) is 36.8 Å². The molecule has 27 heavy (non-hydrogen) atoms. The molecule has 0 spiro atoms. The van der Waals surface area contributed by atoms with Gasteiger partial charge in [0.05, 0.1) is 6.54 Å². The first kappa shape index (κ1) is 24.6. The van der Waals surface area contributed by atoms with Gasteiger partial charge in [-0.05, 0) is 37.9 Å². The fourth-order valence-corrected chi connectivity index (χ4v) is 5.41. The number of rotatable bonds is 7. The second kappa shape index (κ2) is 11.5. The Hall–Kier alpha value is -0.430. The van der Waals surface area contributed by atoms with Crippen molar-refractivity contribution in [1.82, 2.24) is 19.8 Å². The molecule has 1 aromatic rings. The predicted octanol–water partition coefficient (Wildman–Crippen LogP) is 2.16. The van der Waals surface area contributed by atoms with Crippen LogP contribution < -0.4 is 10.6 Å². The van der Waals surface area contributed by atoms with Crippen LogP contribution in [-0.4, -0.2) is 70.4 Å². The average molecular weight is 530 g/mol. The maximum absolute atomic E-state index is 12.2. The normalized spacial score (nSPS) is 17.0. The van der Waals surface area contributed by atoms with Crippen LogP contribution in [0.15, 0.2) is 21.3 Å². The Morgan fingerprint density at radius 2 is 2.00 bits per heavy atom. The van der Waals surface area contributed by atoms with Crippen LogP contribution in [0.25, 0.3) is 0 Å². The van der Waals surface area contributed by atoms with E-state index >= 15 is 0 Å². The molecule has 0 amide bonds. The molecule has 0 aromatic carbocycles. The number of guanidine groups is 1. The van der Waals surface area contributed by atoms with Gasteiger partial charge in [0.25, 0.3) is 10.0 Å². The van der Waals surface area contributed by atoms with Crippen LogP contribution in [0.4, 0.5) is 0 Å². The molecule has 1 aliphatic heterocycles. The van der Waals surface area contributed by atoms with E-state index in [1.807, 2.05) is 6.07 Å². The maximum atomic E-state index is 12.2. The first-order chi connectivity index (χ1) is 12.4. The molecule has 2 N–H and O–H groups in total. The first-order valence-corrected chi connectivity index (χ1v) is 11.3. The molecular weight excluding hydrogens is 497 g/mol. The number of nitrogens with one attached hydrogen (secondary N) is 2. The lowest BCUT2D eigenvalue weighted by Gasteiger charge is -2.32. The second-order valence-corrected chi connectivity index (χ2v) is 10.2. The lowest BCUT2D eigenvalue weighted by Crippen LogP contribution is -2.48. The van der Waals surface area contributed by atoms with Crippen LogP contribution in [-0.2, 0) is 16.6 Å². The molecule has 10 heteroatoms. The highest BCUT2D eigenvalue weighted by Crippen LogP contribution is 2.23. The molecule has 156 valence electrons. The summed E-state index contributed by atoms with van der Waals surface area (Å²) in [6.07, 6.45) is 3.43. The topological polar surface area (TPSA) is 77.0 Å². The molecule has 0 radical (unpaired) electrons. The van der Waals surface area contributed by atoms with Crippen LogP contribution >= 0.6 is 35.3 Å². The molecule has 0 saturated carbocycles. The molecule has 1 saturated heterocycles. The Labute approximate surface area is 184 Å². The molecule has 2 rings (SSSR count). The third kappa shape index (κ3) is 7.15. The molecule has 0 aliphatic carbocycles. The van der Waals surface area contributed by atoms with E-state index in [0.29, 0.717) is 16.8 Å². The highest BCUT2D eigenvalue weighted by molar-refractivity contribution is 14.0. The van der Waals surface area contributed by atoms with E-state index in [-0.39, 0.29) is 24.0 Å². The quantitative estimate of drug-likeness (QED) is 0.322. The highest BCUT2D eigenvalue weighted by atomic mass is 127. The molecule has 0 unspecified atom stereocenters. The van der Waals surface area contributed by atoms with Gasteiger partial charge < -0.3 is 15.5 Å². The lowest BCUT2D eigenvalue weighted by molar-refractivity contribution is 0.206. The number of hydrogen-bond acceptors (Lipinski definition) is 5. The maximum Gasteiger partial charge on any atom is 0.252 e. The molecule has 7 nitrogen and oxygen atoms in total. The monoisotopic (exact) mass is 529 g/mol. The Kier molecular flexibility index (Phi) is 10.5. The van der Waals surface area contributed by atoms with E-state index in [4.69, 9.17) is 0 Å². The summed E-state index contributed by atoms with van der Waals surface area (Å²) in [7, 11) is 1.49. The first-order valence-electron chi connectivity index (χ1n) is 9.07. The minimum Gasteiger partial charge on any atom is -0.354 e. The number of halogens is 1. The van der Waals surface area contributed by atoms with Gasteiger partial charge in [-0.2, -0.15) is 0 Å². The van der Waals surface area contributed by atoms with E-state index in [2.05, 4.69) is 27.4 Å². The van der Waals surface area contributed by atoms with Gasteiger partial charge in [-0.1, -0.05) is 6.92 Å². The summed E-state index contributed by atoms with van der Waals surface area (Å²) >= 11 is 1.29. The number of hydrogen-bond donors (Lipinski definition) is 2. The standard InChI is InChI=1S/C17H31N5O2S2.HI/c1-5-10-22-11-8-14(9-12-22)20-17(18-2)19-13-15-6-7-16(25-15)26(23,24)21(3)4;/h6-7,14H,5,8-13H2,1-4H3,(H2,18,19,20);1H. The number of nitrogens with zero attached hydrogens (tertiary/aromatic N) is 3. The van der Waals surface area contributed by atoms with Crippen molar-refractivity contribution in [3.05, 3.63) is 17.0 Å². The van der Waals surface area contributed by atoms with Crippen molar-refractivity contribution in [2.75, 3.05) is 40.8 Å². The zero-order valence-corrected chi connectivity index (χ0v) is 20.5. The van der Waals surface area contributed by atoms with Crippen LogP contribution in [0.2, 0.25) is 0 Å². The van der Waals surface area contributed by atoms with Gasteiger partial charge in [0.1, 0.15) is 4.21 Å². The van der Waals surface area contributed by atoms with E-state index < -0.39 is 10.0 Å². The lowest BCUT2D eigenvalue weighted by atomic mass is 10.1. The highest BCUT2D eigenvalue weighted by Gasteiger charge is 2.21. The molecule has 1 aliphatic rings. The van der Waals surface area contributed by atoms with Crippen molar-refractivity contribution < 1.29 is 8.42 Å². The van der Waals surface area contributed by atoms with Gasteiger partial charge in [-0.3, -0.25) is 4.99 Å². The fraction of sp³-hybridized carbons (Fsp3) is 0.706. The van der Waals surface area contributed by atoms with Gasteiger partial charge in [0, 0.05) is 45.2 Å². The zero-order chi connectivity index (χ0) is 19.2. The SMILES string of the molecule is CCCN1CCC(NC(=NC)NCc2ccc(S(=O)(=O)N(C)C)s2)CC1.I. The van der Waals surface area contributed by atoms with Gasteiger partial charge in [-0.15, -0.1) is 35.3 Å². The average Bonchev–Trinajstić information content (AvgIpc) is 3.10.